The van der Waals surface area contributed by atoms with E-state index < -0.39 is 0 Å². The van der Waals surface area contributed by atoms with Gasteiger partial charge in [0.2, 0.25) is 0 Å². The number of carbonyl (C=O) groups is 1. The Hall–Kier alpha value is -2.38. The molecular weight excluding hydrogens is 420 g/mol. The number of nitrogens with zero attached hydrogens (tertiary/aromatic N) is 2. The molecule has 4 rings (SSSR count). The van der Waals surface area contributed by atoms with E-state index in [-0.39, 0.29) is 5.97 Å². The smallest absolute Gasteiger partial charge is 0.337 e. The monoisotopic (exact) mass is 454 g/mol. The second kappa shape index (κ2) is 10.0. The number of benzene rings is 1. The molecule has 1 aromatic carbocycles. The van der Waals surface area contributed by atoms with Gasteiger partial charge in [-0.25, -0.2) is 4.79 Å². The fraction of sp³-hybridized carbons (Fsp3) is 0.520. The van der Waals surface area contributed by atoms with Crippen molar-refractivity contribution in [3.63, 3.8) is 0 Å². The van der Waals surface area contributed by atoms with Crippen LogP contribution in [0.3, 0.4) is 0 Å². The van der Waals surface area contributed by atoms with Crippen molar-refractivity contribution >= 4 is 28.1 Å². The molecule has 2 aromatic rings. The minimum Gasteiger partial charge on any atom is -0.465 e. The summed E-state index contributed by atoms with van der Waals surface area (Å²) in [5.74, 6) is 0.425. The van der Waals surface area contributed by atoms with E-state index in [9.17, 15) is 4.79 Å². The zero-order chi connectivity index (χ0) is 22.7. The first-order chi connectivity index (χ1) is 15.5. The molecule has 1 aromatic heterocycles. The van der Waals surface area contributed by atoms with E-state index in [1.54, 1.807) is 0 Å². The van der Waals surface area contributed by atoms with Gasteiger partial charge in [0.1, 0.15) is 5.84 Å². The lowest BCUT2D eigenvalue weighted by Crippen LogP contribution is -2.36. The van der Waals surface area contributed by atoms with E-state index in [2.05, 4.69) is 17.3 Å². The number of fused-ring (bicyclic) bond motifs is 1. The van der Waals surface area contributed by atoms with Crippen LogP contribution in [0.15, 0.2) is 29.3 Å². The Labute approximate surface area is 194 Å². The first-order valence-electron chi connectivity index (χ1n) is 11.5. The topological polar surface area (TPSA) is 80.0 Å². The molecule has 6 nitrogen and oxygen atoms in total. The van der Waals surface area contributed by atoms with Crippen LogP contribution in [0.4, 0.5) is 5.00 Å². The summed E-state index contributed by atoms with van der Waals surface area (Å²) < 4.78 is 4.78. The van der Waals surface area contributed by atoms with Crippen LogP contribution in [0.1, 0.15) is 64.0 Å². The Morgan fingerprint density at radius 1 is 1.22 bits per heavy atom. The van der Waals surface area contributed by atoms with Gasteiger partial charge in [-0.15, -0.1) is 11.3 Å². The number of aliphatic imine (C=N–C) groups is 1. The maximum atomic E-state index is 11.6. The molecule has 0 saturated heterocycles. The van der Waals surface area contributed by atoms with E-state index >= 15 is 0 Å². The standard InChI is InChI=1S/C25H34N4O2S/c1-27-24-22(20-5-4-6-21(20)32-24)23(26)28-18-11-13-19(14-12-18)29(2)15-16-7-9-17(10-8-16)25(30)31-3/h7-10,18-19,27H,4-6,11-15H2,1-3H3,(H2,26,28). The van der Waals surface area contributed by atoms with Gasteiger partial charge in [-0.05, 0) is 75.3 Å². The Bertz CT molecular complexity index is 975. The van der Waals surface area contributed by atoms with Crippen molar-refractivity contribution in [2.75, 3.05) is 26.5 Å². The van der Waals surface area contributed by atoms with E-state index in [4.69, 9.17) is 15.5 Å². The quantitative estimate of drug-likeness (QED) is 0.372. The van der Waals surface area contributed by atoms with Gasteiger partial charge in [0, 0.05) is 24.5 Å². The highest BCUT2D eigenvalue weighted by Crippen LogP contribution is 2.39. The van der Waals surface area contributed by atoms with Crippen molar-refractivity contribution in [3.8, 4) is 0 Å². The summed E-state index contributed by atoms with van der Waals surface area (Å²) in [5.41, 5.74) is 10.9. The van der Waals surface area contributed by atoms with Gasteiger partial charge < -0.3 is 15.8 Å². The maximum Gasteiger partial charge on any atom is 0.337 e. The number of aryl methyl sites for hydroxylation is 1. The molecule has 0 spiro atoms. The van der Waals surface area contributed by atoms with Gasteiger partial charge in [0.15, 0.2) is 0 Å². The van der Waals surface area contributed by atoms with Crippen LogP contribution < -0.4 is 11.1 Å². The van der Waals surface area contributed by atoms with Crippen LogP contribution in [0.25, 0.3) is 0 Å². The first-order valence-corrected chi connectivity index (χ1v) is 12.3. The van der Waals surface area contributed by atoms with Crippen LogP contribution in [0, 0.1) is 0 Å². The summed E-state index contributed by atoms with van der Waals surface area (Å²) in [6.07, 6.45) is 7.91. The molecule has 7 heteroatoms. The van der Waals surface area contributed by atoms with Gasteiger partial charge in [-0.3, -0.25) is 9.89 Å². The number of thiophene rings is 1. The average molecular weight is 455 g/mol. The van der Waals surface area contributed by atoms with Crippen LogP contribution in [0.5, 0.6) is 0 Å². The van der Waals surface area contributed by atoms with Crippen LogP contribution in [0.2, 0.25) is 0 Å². The fourth-order valence-corrected chi connectivity index (χ4v) is 6.27. The second-order valence-electron chi connectivity index (χ2n) is 8.89. The summed E-state index contributed by atoms with van der Waals surface area (Å²) in [6, 6.07) is 8.55. The molecule has 32 heavy (non-hydrogen) atoms. The highest BCUT2D eigenvalue weighted by molar-refractivity contribution is 7.16. The predicted octanol–water partition coefficient (Wildman–Crippen LogP) is 4.21. The number of esters is 1. The van der Waals surface area contributed by atoms with Gasteiger partial charge in [-0.1, -0.05) is 12.1 Å². The van der Waals surface area contributed by atoms with E-state index in [0.717, 1.165) is 44.5 Å². The molecule has 0 radical (unpaired) electrons. The normalized spacial score (nSPS) is 20.9. The molecule has 0 atom stereocenters. The lowest BCUT2D eigenvalue weighted by atomic mass is 9.90. The van der Waals surface area contributed by atoms with E-state index in [1.165, 1.54) is 46.5 Å². The molecule has 2 aliphatic rings. The summed E-state index contributed by atoms with van der Waals surface area (Å²) >= 11 is 1.84. The second-order valence-corrected chi connectivity index (χ2v) is 10.00. The number of hydrogen-bond acceptors (Lipinski definition) is 6. The molecule has 0 aliphatic heterocycles. The lowest BCUT2D eigenvalue weighted by Gasteiger charge is -2.33. The zero-order valence-electron chi connectivity index (χ0n) is 19.3. The minimum atomic E-state index is -0.294. The average Bonchev–Trinajstić information content (AvgIpc) is 3.40. The number of hydrogen-bond donors (Lipinski definition) is 2. The van der Waals surface area contributed by atoms with Gasteiger partial charge >= 0.3 is 5.97 Å². The number of methoxy groups -OCH3 is 1. The third-order valence-corrected chi connectivity index (χ3v) is 8.13. The van der Waals surface area contributed by atoms with Crippen molar-refractivity contribution in [1.29, 1.82) is 0 Å². The molecule has 0 unspecified atom stereocenters. The van der Waals surface area contributed by atoms with Gasteiger partial charge in [-0.2, -0.15) is 0 Å². The third kappa shape index (κ3) is 4.84. The number of amidine groups is 1. The molecule has 1 heterocycles. The molecule has 2 aliphatic carbocycles. The number of rotatable bonds is 7. The van der Waals surface area contributed by atoms with Crippen molar-refractivity contribution in [3.05, 3.63) is 51.4 Å². The number of nitrogens with two attached hydrogens (primary N) is 1. The highest BCUT2D eigenvalue weighted by Gasteiger charge is 2.27. The third-order valence-electron chi connectivity index (χ3n) is 6.82. The molecule has 0 bridgehead atoms. The Morgan fingerprint density at radius 2 is 1.94 bits per heavy atom. The summed E-state index contributed by atoms with van der Waals surface area (Å²) in [4.78, 5) is 20.5. The van der Waals surface area contributed by atoms with Crippen molar-refractivity contribution in [1.82, 2.24) is 4.90 Å². The molecule has 1 saturated carbocycles. The Balaban J connectivity index is 1.33. The predicted molar refractivity (Wildman–Crippen MR) is 132 cm³/mol. The van der Waals surface area contributed by atoms with Gasteiger partial charge in [0.25, 0.3) is 0 Å². The molecule has 1 fully saturated rings. The summed E-state index contributed by atoms with van der Waals surface area (Å²) in [7, 11) is 5.57. The Kier molecular flexibility index (Phi) is 7.16. The van der Waals surface area contributed by atoms with E-state index in [1.807, 2.05) is 42.6 Å². The van der Waals surface area contributed by atoms with Crippen LogP contribution in [-0.2, 0) is 24.1 Å². The summed E-state index contributed by atoms with van der Waals surface area (Å²) in [5, 5.41) is 4.50. The number of ether oxygens (including phenoxy) is 1. The van der Waals surface area contributed by atoms with Crippen LogP contribution >= 0.6 is 11.3 Å². The van der Waals surface area contributed by atoms with E-state index in [0.29, 0.717) is 17.6 Å². The zero-order valence-corrected chi connectivity index (χ0v) is 20.1. The number of nitrogens with one attached hydrogen (secondary N) is 1. The largest absolute Gasteiger partial charge is 0.465 e. The molecule has 172 valence electrons. The van der Waals surface area contributed by atoms with Crippen molar-refractivity contribution in [2.45, 2.75) is 63.6 Å². The lowest BCUT2D eigenvalue weighted by molar-refractivity contribution is 0.0600. The van der Waals surface area contributed by atoms with Crippen molar-refractivity contribution < 1.29 is 9.53 Å². The number of carbonyl (C=O) groups excluding carboxylic acids is 1. The first kappa shape index (κ1) is 22.8. The highest BCUT2D eigenvalue weighted by atomic mass is 32.1. The van der Waals surface area contributed by atoms with Crippen LogP contribution in [-0.4, -0.2) is 50.0 Å². The minimum absolute atomic E-state index is 0.294. The molecular formula is C25H34N4O2S. The number of anilines is 1. The summed E-state index contributed by atoms with van der Waals surface area (Å²) in [6.45, 7) is 0.870. The van der Waals surface area contributed by atoms with Crippen molar-refractivity contribution in [2.24, 2.45) is 10.7 Å². The molecule has 3 N–H and O–H groups in total. The van der Waals surface area contributed by atoms with Gasteiger partial charge in [0.05, 0.1) is 29.3 Å². The molecule has 0 amide bonds. The maximum absolute atomic E-state index is 11.6. The Morgan fingerprint density at radius 3 is 2.59 bits per heavy atom. The fourth-order valence-electron chi connectivity index (χ4n) is 5.02. The SMILES string of the molecule is CNc1sc2c(c1C(N)=NC1CCC(N(C)Cc3ccc(C(=O)OC)cc3)CC1)CCC2.